The Balaban J connectivity index is 1.39. The lowest BCUT2D eigenvalue weighted by molar-refractivity contribution is -0.117. The summed E-state index contributed by atoms with van der Waals surface area (Å²) in [6.07, 6.45) is 1.39. The predicted octanol–water partition coefficient (Wildman–Crippen LogP) is 1.83. The van der Waals surface area contributed by atoms with Gasteiger partial charge in [-0.2, -0.15) is 14.7 Å². The molecule has 0 radical (unpaired) electrons. The third-order valence-electron chi connectivity index (χ3n) is 5.28. The lowest BCUT2D eigenvalue weighted by Gasteiger charge is -2.33. The maximum absolute atomic E-state index is 13.5. The summed E-state index contributed by atoms with van der Waals surface area (Å²) in [6, 6.07) is 16.1. The van der Waals surface area contributed by atoms with Crippen LogP contribution in [0.25, 0.3) is 5.69 Å². The van der Waals surface area contributed by atoms with Crippen molar-refractivity contribution in [1.82, 2.24) is 19.0 Å². The third kappa shape index (κ3) is 4.93. The van der Waals surface area contributed by atoms with Crippen molar-refractivity contribution in [2.75, 3.05) is 38.0 Å². The molecule has 1 amide bonds. The molecular formula is C22H21FN6O3S. The van der Waals surface area contributed by atoms with Gasteiger partial charge in [0.2, 0.25) is 15.9 Å². The molecule has 0 bridgehead atoms. The Morgan fingerprint density at radius 3 is 2.48 bits per heavy atom. The zero-order valence-corrected chi connectivity index (χ0v) is 18.4. The molecule has 0 saturated carbocycles. The first-order valence-electron chi connectivity index (χ1n) is 10.2. The summed E-state index contributed by atoms with van der Waals surface area (Å²) in [6.45, 7) is 1.06. The maximum Gasteiger partial charge on any atom is 0.243 e. The summed E-state index contributed by atoms with van der Waals surface area (Å²) < 4.78 is 41.7. The molecule has 1 saturated heterocycles. The van der Waals surface area contributed by atoms with Crippen molar-refractivity contribution in [1.29, 1.82) is 5.26 Å². The summed E-state index contributed by atoms with van der Waals surface area (Å²) in [5.41, 5.74) is 0.934. The van der Waals surface area contributed by atoms with Crippen LogP contribution in [0.15, 0.2) is 65.7 Å². The number of hydrogen-bond acceptors (Lipinski definition) is 6. The standard InChI is InChI=1S/C22H21FN6O3S/c23-18-5-4-8-20(13-18)33(31,32)28-11-9-27(10-12-28)16-21(30)26-22-17(14-24)15-25-29(22)19-6-2-1-3-7-19/h1-8,13,15H,9-12,16H2,(H,26,30). The third-order valence-corrected chi connectivity index (χ3v) is 7.18. The van der Waals surface area contributed by atoms with E-state index in [2.05, 4.69) is 10.4 Å². The Morgan fingerprint density at radius 1 is 1.09 bits per heavy atom. The molecule has 1 N–H and O–H groups in total. The monoisotopic (exact) mass is 468 g/mol. The van der Waals surface area contributed by atoms with Crippen LogP contribution in [0.4, 0.5) is 10.2 Å². The smallest absolute Gasteiger partial charge is 0.243 e. The molecule has 1 aromatic heterocycles. The van der Waals surface area contributed by atoms with Gasteiger partial charge in [-0.1, -0.05) is 24.3 Å². The van der Waals surface area contributed by atoms with Crippen molar-refractivity contribution >= 4 is 21.7 Å². The molecule has 0 spiro atoms. The number of sulfonamides is 1. The predicted molar refractivity (Wildman–Crippen MR) is 119 cm³/mol. The second-order valence-corrected chi connectivity index (χ2v) is 9.39. The van der Waals surface area contributed by atoms with Crippen LogP contribution in [-0.2, 0) is 14.8 Å². The van der Waals surface area contributed by atoms with Gasteiger partial charge in [0.05, 0.1) is 23.3 Å². The molecule has 11 heteroatoms. The zero-order chi connectivity index (χ0) is 23.4. The number of carbonyl (C=O) groups excluding carboxylic acids is 1. The molecule has 9 nitrogen and oxygen atoms in total. The van der Waals surface area contributed by atoms with Crippen molar-refractivity contribution in [2.24, 2.45) is 0 Å². The minimum Gasteiger partial charge on any atom is -0.308 e. The van der Waals surface area contributed by atoms with Gasteiger partial charge >= 0.3 is 0 Å². The maximum atomic E-state index is 13.5. The van der Waals surface area contributed by atoms with Gasteiger partial charge in [0.25, 0.3) is 0 Å². The normalized spacial score (nSPS) is 15.2. The molecule has 0 unspecified atom stereocenters. The fourth-order valence-corrected chi connectivity index (χ4v) is 5.05. The molecule has 170 valence electrons. The average molecular weight is 469 g/mol. The van der Waals surface area contributed by atoms with E-state index in [0.29, 0.717) is 18.8 Å². The van der Waals surface area contributed by atoms with Gasteiger partial charge in [0.1, 0.15) is 17.4 Å². The van der Waals surface area contributed by atoms with Gasteiger partial charge in [-0.3, -0.25) is 9.69 Å². The lowest BCUT2D eigenvalue weighted by Crippen LogP contribution is -2.50. The molecule has 2 aromatic carbocycles. The molecule has 3 aromatic rings. The van der Waals surface area contributed by atoms with E-state index in [-0.39, 0.29) is 41.8 Å². The van der Waals surface area contributed by atoms with Crippen LogP contribution in [0.5, 0.6) is 0 Å². The highest BCUT2D eigenvalue weighted by Crippen LogP contribution is 2.21. The number of halogens is 1. The van der Waals surface area contributed by atoms with E-state index in [1.165, 1.54) is 33.4 Å². The molecule has 0 aliphatic carbocycles. The van der Waals surface area contributed by atoms with Gasteiger partial charge in [0.15, 0.2) is 5.82 Å². The van der Waals surface area contributed by atoms with E-state index in [9.17, 15) is 22.9 Å². The summed E-state index contributed by atoms with van der Waals surface area (Å²) in [5.74, 6) is -0.676. The topological polar surface area (TPSA) is 111 Å². The number of nitrogens with zero attached hydrogens (tertiary/aromatic N) is 5. The number of benzene rings is 2. The average Bonchev–Trinajstić information content (AvgIpc) is 3.22. The molecule has 33 heavy (non-hydrogen) atoms. The highest BCUT2D eigenvalue weighted by atomic mass is 32.2. The number of para-hydroxylation sites is 1. The van der Waals surface area contributed by atoms with Crippen molar-refractivity contribution in [3.63, 3.8) is 0 Å². The SMILES string of the molecule is N#Cc1cnn(-c2ccccc2)c1NC(=O)CN1CCN(S(=O)(=O)c2cccc(F)c2)CC1. The number of hydrogen-bond donors (Lipinski definition) is 1. The van der Waals surface area contributed by atoms with Crippen LogP contribution in [-0.4, -0.2) is 66.0 Å². The molecule has 4 rings (SSSR count). The van der Waals surface area contributed by atoms with Gasteiger partial charge in [0, 0.05) is 26.2 Å². The van der Waals surface area contributed by atoms with Crippen LogP contribution in [0.2, 0.25) is 0 Å². The Bertz CT molecular complexity index is 1300. The van der Waals surface area contributed by atoms with Crippen molar-refractivity contribution in [2.45, 2.75) is 4.90 Å². The molecule has 1 aliphatic heterocycles. The summed E-state index contributed by atoms with van der Waals surface area (Å²) >= 11 is 0. The second kappa shape index (κ2) is 9.50. The van der Waals surface area contributed by atoms with E-state index >= 15 is 0 Å². The van der Waals surface area contributed by atoms with Gasteiger partial charge < -0.3 is 5.32 Å². The number of amides is 1. The number of carbonyl (C=O) groups is 1. The molecule has 0 atom stereocenters. The Hall–Kier alpha value is -3.59. The highest BCUT2D eigenvalue weighted by molar-refractivity contribution is 7.89. The van der Waals surface area contributed by atoms with Gasteiger partial charge in [-0.15, -0.1) is 0 Å². The largest absolute Gasteiger partial charge is 0.308 e. The number of anilines is 1. The fraction of sp³-hybridized carbons (Fsp3) is 0.227. The van der Waals surface area contributed by atoms with E-state index in [1.54, 1.807) is 0 Å². The minimum atomic E-state index is -3.80. The van der Waals surface area contributed by atoms with E-state index < -0.39 is 15.8 Å². The number of aromatic nitrogens is 2. The highest BCUT2D eigenvalue weighted by Gasteiger charge is 2.29. The quantitative estimate of drug-likeness (QED) is 0.591. The minimum absolute atomic E-state index is 0.0265. The molecule has 1 aliphatic rings. The Labute approximate surface area is 190 Å². The molecule has 1 fully saturated rings. The zero-order valence-electron chi connectivity index (χ0n) is 17.6. The Morgan fingerprint density at radius 2 is 1.82 bits per heavy atom. The Kier molecular flexibility index (Phi) is 6.50. The van der Waals surface area contributed by atoms with E-state index in [0.717, 1.165) is 6.07 Å². The number of nitrogens with one attached hydrogen (secondary N) is 1. The number of piperazine rings is 1. The summed E-state index contributed by atoms with van der Waals surface area (Å²) in [7, 11) is -3.80. The second-order valence-electron chi connectivity index (χ2n) is 7.45. The molecular weight excluding hydrogens is 447 g/mol. The first-order valence-corrected chi connectivity index (χ1v) is 11.6. The van der Waals surface area contributed by atoms with Crippen LogP contribution >= 0.6 is 0 Å². The van der Waals surface area contributed by atoms with Crippen molar-refractivity contribution < 1.29 is 17.6 Å². The van der Waals surface area contributed by atoms with E-state index in [1.807, 2.05) is 41.3 Å². The van der Waals surface area contributed by atoms with Crippen LogP contribution < -0.4 is 5.32 Å². The first kappa shape index (κ1) is 22.6. The van der Waals surface area contributed by atoms with Crippen molar-refractivity contribution in [3.8, 4) is 11.8 Å². The summed E-state index contributed by atoms with van der Waals surface area (Å²) in [4.78, 5) is 14.4. The fourth-order valence-electron chi connectivity index (χ4n) is 3.59. The number of nitriles is 1. The van der Waals surface area contributed by atoms with Gasteiger partial charge in [-0.05, 0) is 30.3 Å². The van der Waals surface area contributed by atoms with E-state index in [4.69, 9.17) is 0 Å². The van der Waals surface area contributed by atoms with Crippen molar-refractivity contribution in [3.05, 3.63) is 72.2 Å². The van der Waals surface area contributed by atoms with Crippen LogP contribution in [0, 0.1) is 17.1 Å². The van der Waals surface area contributed by atoms with Gasteiger partial charge in [-0.25, -0.2) is 17.5 Å². The first-order chi connectivity index (χ1) is 15.9. The molecule has 2 heterocycles. The number of rotatable bonds is 6. The lowest BCUT2D eigenvalue weighted by atomic mass is 10.3. The van der Waals surface area contributed by atoms with Crippen LogP contribution in [0.1, 0.15) is 5.56 Å². The van der Waals surface area contributed by atoms with Crippen LogP contribution in [0.3, 0.4) is 0 Å². The summed E-state index contributed by atoms with van der Waals surface area (Å²) in [5, 5.41) is 16.3.